The Labute approximate surface area is 187 Å². The molecule has 6 fully saturated rings. The zero-order valence-electron chi connectivity index (χ0n) is 19.9. The van der Waals surface area contributed by atoms with Crippen LogP contribution < -0.4 is 0 Å². The molecule has 6 rings (SSSR count). The molecule has 2 aliphatic heterocycles. The van der Waals surface area contributed by atoms with Gasteiger partial charge in [-0.25, -0.2) is 0 Å². The SMILES string of the molecule is CC1CC[C@@]2(OC1)O[C@H]1C[C@H]3[C@@H]4CCC5CCCC(O)[C@]5(C)[C@H]4CC(=O)[C@]3(C)[C@H]1[C@@H]2C. The molecule has 4 saturated carbocycles. The number of fused-ring (bicyclic) bond motifs is 7. The molecule has 1 N–H and O–H groups in total. The van der Waals surface area contributed by atoms with Gasteiger partial charge in [-0.2, -0.15) is 0 Å². The molecule has 0 aromatic carbocycles. The third kappa shape index (κ3) is 2.56. The number of aliphatic hydroxyl groups excluding tert-OH is 1. The Bertz CT molecular complexity index is 756. The second-order valence-electron chi connectivity index (χ2n) is 12.8. The number of aliphatic hydroxyl groups is 1. The van der Waals surface area contributed by atoms with Gasteiger partial charge in [-0.15, -0.1) is 0 Å². The van der Waals surface area contributed by atoms with Crippen LogP contribution in [0.4, 0.5) is 0 Å². The summed E-state index contributed by atoms with van der Waals surface area (Å²) in [6.07, 6.45) is 9.46. The molecular formula is C27H42O4. The van der Waals surface area contributed by atoms with Crippen molar-refractivity contribution in [3.63, 3.8) is 0 Å². The standard InChI is InChI=1S/C27H42O4/c1-15-10-11-27(30-14-15)16(2)24-21(31-27)12-19-18-9-8-17-6-5-7-22(28)25(17,3)20(18)13-23(29)26(19,24)4/h15-22,24,28H,5-14H2,1-4H3/t15?,16-,17?,18-,19-,20-,21-,22?,24-,25-,26+,27+/m0/s1. The van der Waals surface area contributed by atoms with E-state index in [0.717, 1.165) is 38.7 Å². The molecule has 4 aliphatic carbocycles. The number of hydrogen-bond donors (Lipinski definition) is 1. The molecule has 1 spiro atoms. The van der Waals surface area contributed by atoms with E-state index in [1.807, 2.05) is 0 Å². The van der Waals surface area contributed by atoms with Crippen LogP contribution >= 0.6 is 0 Å². The Morgan fingerprint density at radius 2 is 1.84 bits per heavy atom. The van der Waals surface area contributed by atoms with Gasteiger partial charge in [0.15, 0.2) is 5.79 Å². The molecule has 0 radical (unpaired) electrons. The summed E-state index contributed by atoms with van der Waals surface area (Å²) in [6.45, 7) is 9.95. The maximum atomic E-state index is 14.0. The zero-order chi connectivity index (χ0) is 21.8. The predicted molar refractivity (Wildman–Crippen MR) is 118 cm³/mol. The molecular weight excluding hydrogens is 388 g/mol. The first-order valence-corrected chi connectivity index (χ1v) is 13.2. The average Bonchev–Trinajstić information content (AvgIpc) is 3.18. The fourth-order valence-electron chi connectivity index (χ4n) is 10.0. The van der Waals surface area contributed by atoms with Gasteiger partial charge in [0, 0.05) is 30.1 Å². The lowest BCUT2D eigenvalue weighted by Crippen LogP contribution is -2.60. The largest absolute Gasteiger partial charge is 0.393 e. The molecule has 2 saturated heterocycles. The highest BCUT2D eigenvalue weighted by Gasteiger charge is 2.72. The summed E-state index contributed by atoms with van der Waals surface area (Å²) < 4.78 is 13.2. The first kappa shape index (κ1) is 21.1. The third-order valence-electron chi connectivity index (χ3n) is 11.8. The lowest BCUT2D eigenvalue weighted by Gasteiger charge is -2.61. The van der Waals surface area contributed by atoms with Crippen LogP contribution in [0.3, 0.4) is 0 Å². The number of carbonyl (C=O) groups is 1. The minimum Gasteiger partial charge on any atom is -0.393 e. The molecule has 0 aromatic rings. The van der Waals surface area contributed by atoms with Crippen LogP contribution in [-0.2, 0) is 14.3 Å². The average molecular weight is 431 g/mol. The van der Waals surface area contributed by atoms with Gasteiger partial charge in [0.25, 0.3) is 0 Å². The van der Waals surface area contributed by atoms with Crippen molar-refractivity contribution in [2.45, 2.75) is 103 Å². The molecule has 0 amide bonds. The number of Topliss-reactive ketones (excluding diaryl/α,β-unsaturated/α-hetero) is 1. The summed E-state index contributed by atoms with van der Waals surface area (Å²) in [5.41, 5.74) is -0.365. The summed E-state index contributed by atoms with van der Waals surface area (Å²) in [4.78, 5) is 14.0. The van der Waals surface area contributed by atoms with E-state index in [1.54, 1.807) is 0 Å². The zero-order valence-corrected chi connectivity index (χ0v) is 19.9. The Morgan fingerprint density at radius 3 is 2.58 bits per heavy atom. The van der Waals surface area contributed by atoms with Crippen molar-refractivity contribution in [2.75, 3.05) is 6.61 Å². The van der Waals surface area contributed by atoms with Crippen LogP contribution in [0.2, 0.25) is 0 Å². The van der Waals surface area contributed by atoms with Gasteiger partial charge in [0.2, 0.25) is 0 Å². The van der Waals surface area contributed by atoms with Crippen LogP contribution in [0, 0.1) is 52.3 Å². The Kier molecular flexibility index (Phi) is 4.62. The first-order valence-electron chi connectivity index (χ1n) is 13.2. The van der Waals surface area contributed by atoms with Crippen LogP contribution in [0.5, 0.6) is 0 Å². The molecule has 31 heavy (non-hydrogen) atoms. The number of ketones is 1. The second kappa shape index (κ2) is 6.79. The van der Waals surface area contributed by atoms with Crippen molar-refractivity contribution in [1.82, 2.24) is 0 Å². The van der Waals surface area contributed by atoms with Crippen LogP contribution in [0.25, 0.3) is 0 Å². The number of ether oxygens (including phenoxy) is 2. The highest BCUT2D eigenvalue weighted by Crippen LogP contribution is 2.70. The van der Waals surface area contributed by atoms with Gasteiger partial charge >= 0.3 is 0 Å². The van der Waals surface area contributed by atoms with E-state index in [9.17, 15) is 9.90 Å². The van der Waals surface area contributed by atoms with Crippen LogP contribution in [0.1, 0.15) is 85.5 Å². The van der Waals surface area contributed by atoms with Crippen molar-refractivity contribution in [3.8, 4) is 0 Å². The van der Waals surface area contributed by atoms with Crippen molar-refractivity contribution in [2.24, 2.45) is 52.3 Å². The number of rotatable bonds is 0. The van der Waals surface area contributed by atoms with Gasteiger partial charge in [0.05, 0.1) is 18.8 Å². The molecule has 4 nitrogen and oxygen atoms in total. The summed E-state index contributed by atoms with van der Waals surface area (Å²) >= 11 is 0. The van der Waals surface area contributed by atoms with E-state index >= 15 is 0 Å². The van der Waals surface area contributed by atoms with Gasteiger partial charge in [-0.05, 0) is 73.5 Å². The molecule has 174 valence electrons. The molecule has 0 aromatic heterocycles. The smallest absolute Gasteiger partial charge is 0.171 e. The summed E-state index contributed by atoms with van der Waals surface area (Å²) in [5.74, 6) is 3.05. The van der Waals surface area contributed by atoms with Gasteiger partial charge in [-0.3, -0.25) is 4.79 Å². The lowest BCUT2D eigenvalue weighted by molar-refractivity contribution is -0.272. The maximum Gasteiger partial charge on any atom is 0.171 e. The van der Waals surface area contributed by atoms with Gasteiger partial charge in [0.1, 0.15) is 5.78 Å². The van der Waals surface area contributed by atoms with Crippen molar-refractivity contribution in [3.05, 3.63) is 0 Å². The minimum absolute atomic E-state index is 0.0772. The van der Waals surface area contributed by atoms with E-state index in [0.29, 0.717) is 41.8 Å². The normalized spacial score (nSPS) is 60.9. The second-order valence-corrected chi connectivity index (χ2v) is 12.8. The molecule has 4 heteroatoms. The Hall–Kier alpha value is -0.450. The van der Waals surface area contributed by atoms with E-state index in [2.05, 4.69) is 27.7 Å². The highest BCUT2D eigenvalue weighted by molar-refractivity contribution is 5.87. The predicted octanol–water partition coefficient (Wildman–Crippen LogP) is 4.97. The summed E-state index contributed by atoms with van der Waals surface area (Å²) in [7, 11) is 0. The van der Waals surface area contributed by atoms with Crippen LogP contribution in [-0.4, -0.2) is 35.5 Å². The van der Waals surface area contributed by atoms with Crippen LogP contribution in [0.15, 0.2) is 0 Å². The topological polar surface area (TPSA) is 55.8 Å². The first-order chi connectivity index (χ1) is 14.7. The van der Waals surface area contributed by atoms with Crippen molar-refractivity contribution < 1.29 is 19.4 Å². The van der Waals surface area contributed by atoms with E-state index in [-0.39, 0.29) is 34.9 Å². The van der Waals surface area contributed by atoms with E-state index < -0.39 is 5.79 Å². The summed E-state index contributed by atoms with van der Waals surface area (Å²) in [5, 5.41) is 11.1. The number of hydrogen-bond acceptors (Lipinski definition) is 4. The molecule has 0 bridgehead atoms. The Balaban J connectivity index is 1.32. The number of carbonyl (C=O) groups excluding carboxylic acids is 1. The summed E-state index contributed by atoms with van der Waals surface area (Å²) in [6, 6.07) is 0. The van der Waals surface area contributed by atoms with E-state index in [4.69, 9.17) is 9.47 Å². The quantitative estimate of drug-likeness (QED) is 0.589. The van der Waals surface area contributed by atoms with Crippen molar-refractivity contribution >= 4 is 5.78 Å². The van der Waals surface area contributed by atoms with E-state index in [1.165, 1.54) is 19.3 Å². The maximum absolute atomic E-state index is 14.0. The van der Waals surface area contributed by atoms with Gasteiger partial charge in [-0.1, -0.05) is 34.1 Å². The fourth-order valence-corrected chi connectivity index (χ4v) is 10.0. The molecule has 3 unspecified atom stereocenters. The monoisotopic (exact) mass is 430 g/mol. The third-order valence-corrected chi connectivity index (χ3v) is 11.8. The fraction of sp³-hybridized carbons (Fsp3) is 0.963. The van der Waals surface area contributed by atoms with Crippen molar-refractivity contribution in [1.29, 1.82) is 0 Å². The Morgan fingerprint density at radius 1 is 1.03 bits per heavy atom. The molecule has 2 heterocycles. The molecule has 12 atom stereocenters. The van der Waals surface area contributed by atoms with Gasteiger partial charge < -0.3 is 14.6 Å². The molecule has 6 aliphatic rings. The highest BCUT2D eigenvalue weighted by atomic mass is 16.7. The lowest BCUT2D eigenvalue weighted by atomic mass is 9.43. The minimum atomic E-state index is -0.462.